The summed E-state index contributed by atoms with van der Waals surface area (Å²) >= 11 is 0. The van der Waals surface area contributed by atoms with Gasteiger partial charge >= 0.3 is 0 Å². The van der Waals surface area contributed by atoms with Gasteiger partial charge in [-0.3, -0.25) is 0 Å². The van der Waals surface area contributed by atoms with E-state index >= 15 is 0 Å². The predicted molar refractivity (Wildman–Crippen MR) is 56.9 cm³/mol. The molecular formula is C11H24O3. The molecule has 14 heavy (non-hydrogen) atoms. The number of aliphatic hydroxyl groups is 3. The van der Waals surface area contributed by atoms with E-state index in [0.29, 0.717) is 13.0 Å². The Morgan fingerprint density at radius 3 is 1.50 bits per heavy atom. The van der Waals surface area contributed by atoms with Crippen molar-refractivity contribution in [2.24, 2.45) is 0 Å². The molecule has 0 aromatic rings. The summed E-state index contributed by atoms with van der Waals surface area (Å²) in [6, 6.07) is 0. The van der Waals surface area contributed by atoms with Crippen molar-refractivity contribution in [1.29, 1.82) is 0 Å². The van der Waals surface area contributed by atoms with Crippen LogP contribution < -0.4 is 0 Å². The van der Waals surface area contributed by atoms with Crippen LogP contribution in [0, 0.1) is 0 Å². The summed E-state index contributed by atoms with van der Waals surface area (Å²) < 4.78 is 0. The number of rotatable bonds is 10. The van der Waals surface area contributed by atoms with Gasteiger partial charge in [0, 0.05) is 6.61 Å². The molecule has 0 saturated heterocycles. The van der Waals surface area contributed by atoms with Gasteiger partial charge in [0.15, 0.2) is 6.29 Å². The van der Waals surface area contributed by atoms with E-state index < -0.39 is 6.29 Å². The van der Waals surface area contributed by atoms with E-state index in [1.165, 1.54) is 25.7 Å². The Bertz CT molecular complexity index is 105. The molecule has 0 aromatic heterocycles. The normalized spacial score (nSPS) is 11.1. The Labute approximate surface area is 86.8 Å². The van der Waals surface area contributed by atoms with Crippen LogP contribution >= 0.6 is 0 Å². The molecule has 3 N–H and O–H groups in total. The molecule has 0 fully saturated rings. The minimum Gasteiger partial charge on any atom is -0.396 e. The lowest BCUT2D eigenvalue weighted by Crippen LogP contribution is -2.02. The largest absolute Gasteiger partial charge is 0.396 e. The minimum absolute atomic E-state index is 0.314. The summed E-state index contributed by atoms with van der Waals surface area (Å²) in [5.41, 5.74) is 0. The summed E-state index contributed by atoms with van der Waals surface area (Å²) in [5, 5.41) is 25.7. The van der Waals surface area contributed by atoms with Crippen molar-refractivity contribution < 1.29 is 15.3 Å². The summed E-state index contributed by atoms with van der Waals surface area (Å²) in [6.07, 6.45) is 8.31. The zero-order valence-electron chi connectivity index (χ0n) is 8.99. The van der Waals surface area contributed by atoms with Crippen LogP contribution in [0.2, 0.25) is 0 Å². The monoisotopic (exact) mass is 204 g/mol. The Balaban J connectivity index is 2.85. The van der Waals surface area contributed by atoms with Crippen LogP contribution in [-0.2, 0) is 0 Å². The van der Waals surface area contributed by atoms with Crippen LogP contribution in [0.1, 0.15) is 57.8 Å². The molecule has 0 aliphatic heterocycles. The first-order valence-corrected chi connectivity index (χ1v) is 5.74. The molecule has 0 atom stereocenters. The molecule has 3 heteroatoms. The molecule has 0 amide bonds. The highest BCUT2D eigenvalue weighted by Crippen LogP contribution is 2.09. The first kappa shape index (κ1) is 13.9. The summed E-state index contributed by atoms with van der Waals surface area (Å²) in [6.45, 7) is 0.314. The van der Waals surface area contributed by atoms with Crippen molar-refractivity contribution in [2.45, 2.75) is 64.1 Å². The lowest BCUT2D eigenvalue weighted by Gasteiger charge is -2.03. The molecule has 0 aliphatic carbocycles. The number of hydrogen-bond donors (Lipinski definition) is 3. The SMILES string of the molecule is OCCCCCCCCCCC(O)O. The van der Waals surface area contributed by atoms with Crippen LogP contribution in [0.15, 0.2) is 0 Å². The Morgan fingerprint density at radius 1 is 0.643 bits per heavy atom. The van der Waals surface area contributed by atoms with Crippen molar-refractivity contribution in [2.75, 3.05) is 6.61 Å². The number of unbranched alkanes of at least 4 members (excludes halogenated alkanes) is 7. The van der Waals surface area contributed by atoms with Gasteiger partial charge in [0.2, 0.25) is 0 Å². The summed E-state index contributed by atoms with van der Waals surface area (Å²) in [4.78, 5) is 0. The quantitative estimate of drug-likeness (QED) is 0.375. The average molecular weight is 204 g/mol. The van der Waals surface area contributed by atoms with E-state index in [9.17, 15) is 0 Å². The van der Waals surface area contributed by atoms with Gasteiger partial charge in [0.25, 0.3) is 0 Å². The van der Waals surface area contributed by atoms with Crippen LogP contribution in [-0.4, -0.2) is 28.2 Å². The van der Waals surface area contributed by atoms with Gasteiger partial charge in [0.05, 0.1) is 0 Å². The third kappa shape index (κ3) is 11.9. The van der Waals surface area contributed by atoms with E-state index in [1.807, 2.05) is 0 Å². The fourth-order valence-electron chi connectivity index (χ4n) is 1.50. The second-order valence-corrected chi connectivity index (χ2v) is 3.82. The number of hydrogen-bond acceptors (Lipinski definition) is 3. The van der Waals surface area contributed by atoms with E-state index in [-0.39, 0.29) is 0 Å². The summed E-state index contributed by atoms with van der Waals surface area (Å²) in [7, 11) is 0. The smallest absolute Gasteiger partial charge is 0.151 e. The van der Waals surface area contributed by atoms with Gasteiger partial charge in [-0.25, -0.2) is 0 Å². The molecule has 0 aromatic carbocycles. The van der Waals surface area contributed by atoms with Crippen LogP contribution in [0.25, 0.3) is 0 Å². The van der Waals surface area contributed by atoms with Gasteiger partial charge in [-0.15, -0.1) is 0 Å². The number of aliphatic hydroxyl groups excluding tert-OH is 2. The highest BCUT2D eigenvalue weighted by Gasteiger charge is 1.96. The second kappa shape index (κ2) is 11.0. The van der Waals surface area contributed by atoms with E-state index in [1.54, 1.807) is 0 Å². The van der Waals surface area contributed by atoms with Crippen LogP contribution in [0.3, 0.4) is 0 Å². The average Bonchev–Trinajstić information content (AvgIpc) is 2.15. The maximum absolute atomic E-state index is 8.58. The molecule has 0 saturated carbocycles. The van der Waals surface area contributed by atoms with Gasteiger partial charge in [0.1, 0.15) is 0 Å². The zero-order chi connectivity index (χ0) is 10.6. The van der Waals surface area contributed by atoms with E-state index in [2.05, 4.69) is 0 Å². The first-order chi connectivity index (χ1) is 6.77. The highest BCUT2D eigenvalue weighted by atomic mass is 16.5. The van der Waals surface area contributed by atoms with E-state index in [4.69, 9.17) is 15.3 Å². The van der Waals surface area contributed by atoms with Crippen molar-refractivity contribution in [1.82, 2.24) is 0 Å². The molecule has 0 unspecified atom stereocenters. The van der Waals surface area contributed by atoms with Crippen molar-refractivity contribution in [3.8, 4) is 0 Å². The maximum Gasteiger partial charge on any atom is 0.151 e. The Kier molecular flexibility index (Phi) is 10.9. The molecule has 3 nitrogen and oxygen atoms in total. The Hall–Kier alpha value is -0.120. The fraction of sp³-hybridized carbons (Fsp3) is 1.00. The van der Waals surface area contributed by atoms with Crippen molar-refractivity contribution in [3.05, 3.63) is 0 Å². The molecule has 0 bridgehead atoms. The lowest BCUT2D eigenvalue weighted by atomic mass is 10.1. The van der Waals surface area contributed by atoms with Crippen molar-refractivity contribution >= 4 is 0 Å². The molecular weight excluding hydrogens is 180 g/mol. The van der Waals surface area contributed by atoms with Crippen molar-refractivity contribution in [3.63, 3.8) is 0 Å². The molecule has 0 spiro atoms. The summed E-state index contributed by atoms with van der Waals surface area (Å²) in [5.74, 6) is 0. The lowest BCUT2D eigenvalue weighted by molar-refractivity contribution is -0.0466. The van der Waals surface area contributed by atoms with Crippen LogP contribution in [0.4, 0.5) is 0 Å². The molecule has 0 heterocycles. The van der Waals surface area contributed by atoms with E-state index in [0.717, 1.165) is 25.7 Å². The van der Waals surface area contributed by atoms with Crippen LogP contribution in [0.5, 0.6) is 0 Å². The van der Waals surface area contributed by atoms with Gasteiger partial charge in [-0.05, 0) is 19.3 Å². The van der Waals surface area contributed by atoms with Gasteiger partial charge in [-0.1, -0.05) is 38.5 Å². The minimum atomic E-state index is -1.13. The third-order valence-electron chi connectivity index (χ3n) is 2.37. The second-order valence-electron chi connectivity index (χ2n) is 3.82. The topological polar surface area (TPSA) is 60.7 Å². The van der Waals surface area contributed by atoms with Gasteiger partial charge < -0.3 is 15.3 Å². The predicted octanol–water partition coefficient (Wildman–Crippen LogP) is 1.80. The Morgan fingerprint density at radius 2 is 1.07 bits per heavy atom. The molecule has 0 aliphatic rings. The fourth-order valence-corrected chi connectivity index (χ4v) is 1.50. The van der Waals surface area contributed by atoms with Gasteiger partial charge in [-0.2, -0.15) is 0 Å². The molecule has 0 radical (unpaired) electrons. The first-order valence-electron chi connectivity index (χ1n) is 5.74. The maximum atomic E-state index is 8.58. The molecule has 86 valence electrons. The molecule has 0 rings (SSSR count). The zero-order valence-corrected chi connectivity index (χ0v) is 8.99. The standard InChI is InChI=1S/C11H24O3/c12-10-8-6-4-2-1-3-5-7-9-11(13)14/h11-14H,1-10H2. The third-order valence-corrected chi connectivity index (χ3v) is 2.37. The highest BCUT2D eigenvalue weighted by molar-refractivity contribution is 4.47.